The number of hydrogen-bond donors (Lipinski definition) is 2. The molecule has 0 heterocycles. The Kier molecular flexibility index (Phi) is 5.67. The highest BCUT2D eigenvalue weighted by Gasteiger charge is 2.20. The maximum Gasteiger partial charge on any atom is 0.242 e. The van der Waals surface area contributed by atoms with E-state index in [0.29, 0.717) is 30.6 Å². The van der Waals surface area contributed by atoms with E-state index < -0.39 is 10.0 Å². The summed E-state index contributed by atoms with van der Waals surface area (Å²) in [5, 5.41) is 2.68. The number of sulfonamides is 1. The topological polar surface area (TPSA) is 92.5 Å². The molecule has 0 aliphatic heterocycles. The normalized spacial score (nSPS) is 11.7. The molecule has 20 heavy (non-hydrogen) atoms. The van der Waals surface area contributed by atoms with Crippen molar-refractivity contribution in [1.29, 1.82) is 0 Å². The van der Waals surface area contributed by atoms with Gasteiger partial charge in [0.15, 0.2) is 0 Å². The number of benzene rings is 1. The molecule has 0 unspecified atom stereocenters. The number of carbonyl (C=O) groups excluding carboxylic acids is 1. The van der Waals surface area contributed by atoms with Crippen molar-refractivity contribution in [2.75, 3.05) is 26.0 Å². The number of nitrogens with two attached hydrogens (primary N) is 1. The largest absolute Gasteiger partial charge is 0.330 e. The zero-order chi connectivity index (χ0) is 15.3. The van der Waals surface area contributed by atoms with Crippen LogP contribution >= 0.6 is 0 Å². The second-order valence-electron chi connectivity index (χ2n) is 4.71. The first-order valence-electron chi connectivity index (χ1n) is 6.32. The standard InChI is InChI=1S/C13H21N3O3S/c1-10-6-7-11(15-13(17)5-4-8-14)9-12(10)20(18,19)16(2)3/h6-7,9H,4-5,8,14H2,1-3H3,(H,15,17). The molecule has 1 aromatic rings. The van der Waals surface area contributed by atoms with Crippen molar-refractivity contribution in [1.82, 2.24) is 4.31 Å². The number of nitrogens with one attached hydrogen (secondary N) is 1. The highest BCUT2D eigenvalue weighted by molar-refractivity contribution is 7.89. The summed E-state index contributed by atoms with van der Waals surface area (Å²) in [5.41, 5.74) is 6.45. The summed E-state index contributed by atoms with van der Waals surface area (Å²) in [5.74, 6) is -0.174. The molecule has 112 valence electrons. The smallest absolute Gasteiger partial charge is 0.242 e. The lowest BCUT2D eigenvalue weighted by Crippen LogP contribution is -2.23. The first kappa shape index (κ1) is 16.6. The van der Waals surface area contributed by atoms with E-state index in [0.717, 1.165) is 4.31 Å². The molecule has 0 bridgehead atoms. The van der Waals surface area contributed by atoms with Crippen LogP contribution in [-0.4, -0.2) is 39.3 Å². The van der Waals surface area contributed by atoms with E-state index in [-0.39, 0.29) is 10.8 Å². The number of carbonyl (C=O) groups is 1. The third-order valence-electron chi connectivity index (χ3n) is 2.84. The molecule has 0 radical (unpaired) electrons. The maximum atomic E-state index is 12.2. The first-order valence-corrected chi connectivity index (χ1v) is 7.76. The van der Waals surface area contributed by atoms with E-state index in [2.05, 4.69) is 5.32 Å². The molecule has 0 aliphatic rings. The van der Waals surface area contributed by atoms with Crippen LogP contribution in [0.5, 0.6) is 0 Å². The molecule has 1 aromatic carbocycles. The molecule has 7 heteroatoms. The summed E-state index contributed by atoms with van der Waals surface area (Å²) < 4.78 is 25.5. The third kappa shape index (κ3) is 4.03. The Labute approximate surface area is 120 Å². The van der Waals surface area contributed by atoms with Gasteiger partial charge >= 0.3 is 0 Å². The van der Waals surface area contributed by atoms with Crippen molar-refractivity contribution in [2.45, 2.75) is 24.7 Å². The summed E-state index contributed by atoms with van der Waals surface area (Å²) >= 11 is 0. The lowest BCUT2D eigenvalue weighted by molar-refractivity contribution is -0.116. The fraction of sp³-hybridized carbons (Fsp3) is 0.462. The van der Waals surface area contributed by atoms with Crippen LogP contribution in [0.4, 0.5) is 5.69 Å². The molecule has 0 fully saturated rings. The van der Waals surface area contributed by atoms with Crippen molar-refractivity contribution < 1.29 is 13.2 Å². The first-order chi connectivity index (χ1) is 9.28. The highest BCUT2D eigenvalue weighted by Crippen LogP contribution is 2.22. The number of amides is 1. The van der Waals surface area contributed by atoms with Gasteiger partial charge in [0.2, 0.25) is 15.9 Å². The summed E-state index contributed by atoms with van der Waals surface area (Å²) in [7, 11) is -0.574. The molecular weight excluding hydrogens is 278 g/mol. The molecule has 3 N–H and O–H groups in total. The summed E-state index contributed by atoms with van der Waals surface area (Å²) in [6.07, 6.45) is 0.917. The lowest BCUT2D eigenvalue weighted by atomic mass is 10.2. The second-order valence-corrected chi connectivity index (χ2v) is 6.83. The van der Waals surface area contributed by atoms with Gasteiger partial charge < -0.3 is 11.1 Å². The van der Waals surface area contributed by atoms with Crippen LogP contribution in [0.15, 0.2) is 23.1 Å². The minimum absolute atomic E-state index is 0.174. The fourth-order valence-electron chi connectivity index (χ4n) is 1.64. The molecule has 0 atom stereocenters. The van der Waals surface area contributed by atoms with Crippen molar-refractivity contribution in [3.05, 3.63) is 23.8 Å². The van der Waals surface area contributed by atoms with Crippen molar-refractivity contribution in [3.63, 3.8) is 0 Å². The summed E-state index contributed by atoms with van der Waals surface area (Å²) in [6, 6.07) is 4.84. The predicted molar refractivity (Wildman–Crippen MR) is 79.0 cm³/mol. The molecule has 0 aromatic heterocycles. The monoisotopic (exact) mass is 299 g/mol. The minimum Gasteiger partial charge on any atom is -0.330 e. The van der Waals surface area contributed by atoms with Crippen LogP contribution in [0.3, 0.4) is 0 Å². The maximum absolute atomic E-state index is 12.2. The van der Waals surface area contributed by atoms with Gasteiger partial charge in [0, 0.05) is 26.2 Å². The van der Waals surface area contributed by atoms with Crippen LogP contribution in [-0.2, 0) is 14.8 Å². The van der Waals surface area contributed by atoms with Gasteiger partial charge in [0.25, 0.3) is 0 Å². The van der Waals surface area contributed by atoms with Crippen LogP contribution < -0.4 is 11.1 Å². The molecular formula is C13H21N3O3S. The van der Waals surface area contributed by atoms with E-state index in [1.807, 2.05) is 0 Å². The Hall–Kier alpha value is -1.44. The van der Waals surface area contributed by atoms with Crippen LogP contribution in [0.25, 0.3) is 0 Å². The number of rotatable bonds is 6. The molecule has 0 aliphatic carbocycles. The van der Waals surface area contributed by atoms with E-state index in [1.54, 1.807) is 19.1 Å². The Morgan fingerprint density at radius 1 is 1.35 bits per heavy atom. The summed E-state index contributed by atoms with van der Waals surface area (Å²) in [4.78, 5) is 11.8. The average Bonchev–Trinajstić information content (AvgIpc) is 2.38. The molecule has 6 nitrogen and oxygen atoms in total. The Morgan fingerprint density at radius 2 is 2.00 bits per heavy atom. The Bertz CT molecular complexity index is 583. The van der Waals surface area contributed by atoms with E-state index >= 15 is 0 Å². The van der Waals surface area contributed by atoms with Crippen LogP contribution in [0, 0.1) is 6.92 Å². The highest BCUT2D eigenvalue weighted by atomic mass is 32.2. The van der Waals surface area contributed by atoms with E-state index in [4.69, 9.17) is 5.73 Å². The number of hydrogen-bond acceptors (Lipinski definition) is 4. The Balaban J connectivity index is 3.01. The summed E-state index contributed by atoms with van der Waals surface area (Å²) in [6.45, 7) is 2.16. The van der Waals surface area contributed by atoms with Crippen molar-refractivity contribution in [2.24, 2.45) is 5.73 Å². The van der Waals surface area contributed by atoms with Gasteiger partial charge in [-0.2, -0.15) is 0 Å². The number of nitrogens with zero attached hydrogens (tertiary/aromatic N) is 1. The Morgan fingerprint density at radius 3 is 2.55 bits per heavy atom. The van der Waals surface area contributed by atoms with E-state index in [1.165, 1.54) is 20.2 Å². The second kappa shape index (κ2) is 6.83. The van der Waals surface area contributed by atoms with Gasteiger partial charge in [-0.15, -0.1) is 0 Å². The molecule has 0 saturated heterocycles. The lowest BCUT2D eigenvalue weighted by Gasteiger charge is -2.15. The zero-order valence-corrected chi connectivity index (χ0v) is 12.8. The fourth-order valence-corrected chi connectivity index (χ4v) is 2.78. The van der Waals surface area contributed by atoms with Gasteiger partial charge in [-0.25, -0.2) is 12.7 Å². The molecule has 0 spiro atoms. The quantitative estimate of drug-likeness (QED) is 0.817. The third-order valence-corrected chi connectivity index (χ3v) is 4.80. The van der Waals surface area contributed by atoms with Gasteiger partial charge in [0.1, 0.15) is 0 Å². The average molecular weight is 299 g/mol. The minimum atomic E-state index is -3.52. The van der Waals surface area contributed by atoms with Gasteiger partial charge in [-0.1, -0.05) is 6.07 Å². The van der Waals surface area contributed by atoms with Crippen molar-refractivity contribution >= 4 is 21.6 Å². The van der Waals surface area contributed by atoms with Gasteiger partial charge in [0.05, 0.1) is 4.90 Å². The molecule has 1 rings (SSSR count). The predicted octanol–water partition coefficient (Wildman–Crippen LogP) is 0.923. The number of anilines is 1. The molecule has 0 saturated carbocycles. The van der Waals surface area contributed by atoms with Gasteiger partial charge in [-0.3, -0.25) is 4.79 Å². The van der Waals surface area contributed by atoms with Crippen LogP contribution in [0.1, 0.15) is 18.4 Å². The van der Waals surface area contributed by atoms with E-state index in [9.17, 15) is 13.2 Å². The SMILES string of the molecule is Cc1ccc(NC(=O)CCCN)cc1S(=O)(=O)N(C)C. The number of aryl methyl sites for hydroxylation is 1. The zero-order valence-electron chi connectivity index (χ0n) is 12.0. The van der Waals surface area contributed by atoms with Gasteiger partial charge in [-0.05, 0) is 37.6 Å². The van der Waals surface area contributed by atoms with Crippen molar-refractivity contribution in [3.8, 4) is 0 Å². The van der Waals surface area contributed by atoms with Crippen LogP contribution in [0.2, 0.25) is 0 Å². The molecule has 1 amide bonds.